The highest BCUT2D eigenvalue weighted by atomic mass is 16.3. The van der Waals surface area contributed by atoms with Crippen molar-refractivity contribution in [1.82, 2.24) is 10.6 Å². The van der Waals surface area contributed by atoms with Gasteiger partial charge in [-0.3, -0.25) is 9.59 Å². The van der Waals surface area contributed by atoms with Crippen molar-refractivity contribution in [1.29, 1.82) is 0 Å². The molecule has 2 rings (SSSR count). The molecule has 1 saturated heterocycles. The van der Waals surface area contributed by atoms with E-state index in [2.05, 4.69) is 10.6 Å². The second kappa shape index (κ2) is 7.75. The molecule has 1 aliphatic carbocycles. The number of amides is 2. The van der Waals surface area contributed by atoms with E-state index in [1.165, 1.54) is 25.7 Å². The van der Waals surface area contributed by atoms with Crippen molar-refractivity contribution in [3.8, 4) is 0 Å². The summed E-state index contributed by atoms with van der Waals surface area (Å²) >= 11 is 0. The van der Waals surface area contributed by atoms with Crippen LogP contribution in [0.1, 0.15) is 51.4 Å². The van der Waals surface area contributed by atoms with Crippen LogP contribution in [0.4, 0.5) is 0 Å². The van der Waals surface area contributed by atoms with E-state index in [4.69, 9.17) is 5.73 Å². The van der Waals surface area contributed by atoms with Crippen LogP contribution in [0.3, 0.4) is 0 Å². The molecule has 6 heteroatoms. The quantitative estimate of drug-likeness (QED) is 0.575. The zero-order valence-corrected chi connectivity index (χ0v) is 12.5. The van der Waals surface area contributed by atoms with Crippen LogP contribution in [0.5, 0.6) is 0 Å². The fraction of sp³-hybridized carbons (Fsp3) is 0.867. The highest BCUT2D eigenvalue weighted by Gasteiger charge is 2.34. The van der Waals surface area contributed by atoms with E-state index in [0.29, 0.717) is 25.3 Å². The van der Waals surface area contributed by atoms with Gasteiger partial charge in [-0.1, -0.05) is 25.7 Å². The lowest BCUT2D eigenvalue weighted by Gasteiger charge is -2.26. The molecule has 0 aromatic rings. The molecular weight excluding hydrogens is 270 g/mol. The summed E-state index contributed by atoms with van der Waals surface area (Å²) in [4.78, 5) is 23.4. The molecule has 21 heavy (non-hydrogen) atoms. The summed E-state index contributed by atoms with van der Waals surface area (Å²) in [5, 5.41) is 16.0. The summed E-state index contributed by atoms with van der Waals surface area (Å²) in [5.41, 5.74) is 5.29. The Morgan fingerprint density at radius 1 is 1.19 bits per heavy atom. The number of nitrogens with one attached hydrogen (secondary N) is 2. The summed E-state index contributed by atoms with van der Waals surface area (Å²) < 4.78 is 0. The molecule has 3 atom stereocenters. The van der Waals surface area contributed by atoms with Gasteiger partial charge in [0.05, 0.1) is 12.1 Å². The summed E-state index contributed by atoms with van der Waals surface area (Å²) in [7, 11) is 0. The number of rotatable bonds is 5. The van der Waals surface area contributed by atoms with Crippen LogP contribution in [-0.2, 0) is 9.59 Å². The molecule has 2 aliphatic rings. The van der Waals surface area contributed by atoms with E-state index in [-0.39, 0.29) is 5.91 Å². The van der Waals surface area contributed by atoms with Crippen molar-refractivity contribution < 1.29 is 14.7 Å². The number of hydrogen-bond donors (Lipinski definition) is 4. The van der Waals surface area contributed by atoms with Gasteiger partial charge in [0.25, 0.3) is 0 Å². The highest BCUT2D eigenvalue weighted by molar-refractivity contribution is 5.81. The molecule has 2 amide bonds. The van der Waals surface area contributed by atoms with Crippen LogP contribution in [0.2, 0.25) is 0 Å². The van der Waals surface area contributed by atoms with E-state index < -0.39 is 24.1 Å². The normalized spacial score (nSPS) is 30.8. The minimum atomic E-state index is -0.958. The third kappa shape index (κ3) is 4.68. The van der Waals surface area contributed by atoms with Crippen molar-refractivity contribution >= 4 is 11.8 Å². The van der Waals surface area contributed by atoms with Gasteiger partial charge in [0.2, 0.25) is 11.8 Å². The standard InChI is InChI=1S/C15H27N3O3/c16-15(21)13-14(20)11(6-3-9-17-13)18-12(19)8-7-10-4-1-2-5-10/h10-11,13-14,17,20H,1-9H2,(H2,16,21)(H,18,19)/t11?,13?,14-/m0/s1. The molecular formula is C15H27N3O3. The molecule has 5 N–H and O–H groups in total. The Hall–Kier alpha value is -1.14. The third-order valence-electron chi connectivity index (χ3n) is 4.72. The third-order valence-corrected chi connectivity index (χ3v) is 4.72. The van der Waals surface area contributed by atoms with Gasteiger partial charge in [0.15, 0.2) is 0 Å². The van der Waals surface area contributed by atoms with Crippen LogP contribution in [-0.4, -0.2) is 41.7 Å². The summed E-state index contributed by atoms with van der Waals surface area (Å²) in [5.74, 6) is 0.0699. The molecule has 120 valence electrons. The predicted molar refractivity (Wildman–Crippen MR) is 79.3 cm³/mol. The van der Waals surface area contributed by atoms with E-state index in [1.807, 2.05) is 0 Å². The number of aliphatic hydroxyl groups excluding tert-OH is 1. The Bertz CT molecular complexity index is 369. The van der Waals surface area contributed by atoms with Gasteiger partial charge < -0.3 is 21.5 Å². The van der Waals surface area contributed by atoms with Crippen molar-refractivity contribution in [2.45, 2.75) is 69.6 Å². The van der Waals surface area contributed by atoms with E-state index >= 15 is 0 Å². The van der Waals surface area contributed by atoms with Crippen molar-refractivity contribution in [3.05, 3.63) is 0 Å². The molecule has 2 fully saturated rings. The first-order chi connectivity index (χ1) is 10.1. The first-order valence-corrected chi connectivity index (χ1v) is 8.08. The number of carbonyl (C=O) groups is 2. The molecule has 6 nitrogen and oxygen atoms in total. The summed E-state index contributed by atoms with van der Waals surface area (Å²) in [6, 6.07) is -1.18. The van der Waals surface area contributed by atoms with Gasteiger partial charge in [0, 0.05) is 6.42 Å². The molecule has 0 aromatic carbocycles. The zero-order chi connectivity index (χ0) is 15.2. The lowest BCUT2D eigenvalue weighted by Crippen LogP contribution is -2.56. The van der Waals surface area contributed by atoms with Crippen LogP contribution in [0, 0.1) is 5.92 Å². The monoisotopic (exact) mass is 297 g/mol. The van der Waals surface area contributed by atoms with Gasteiger partial charge in [-0.25, -0.2) is 0 Å². The molecule has 1 saturated carbocycles. The second-order valence-corrected chi connectivity index (χ2v) is 6.33. The largest absolute Gasteiger partial charge is 0.389 e. The van der Waals surface area contributed by atoms with E-state index in [0.717, 1.165) is 12.8 Å². The van der Waals surface area contributed by atoms with Crippen molar-refractivity contribution in [3.63, 3.8) is 0 Å². The lowest BCUT2D eigenvalue weighted by molar-refractivity contribution is -0.126. The van der Waals surface area contributed by atoms with Crippen LogP contribution < -0.4 is 16.4 Å². The maximum Gasteiger partial charge on any atom is 0.237 e. The topological polar surface area (TPSA) is 104 Å². The number of aliphatic hydroxyl groups is 1. The molecule has 0 bridgehead atoms. The minimum absolute atomic E-state index is 0.0314. The Kier molecular flexibility index (Phi) is 5.99. The fourth-order valence-corrected chi connectivity index (χ4v) is 3.44. The van der Waals surface area contributed by atoms with E-state index in [9.17, 15) is 14.7 Å². The van der Waals surface area contributed by atoms with Gasteiger partial charge in [0.1, 0.15) is 6.04 Å². The molecule has 1 aliphatic heterocycles. The second-order valence-electron chi connectivity index (χ2n) is 6.33. The number of carbonyl (C=O) groups excluding carboxylic acids is 2. The molecule has 0 aromatic heterocycles. The Balaban J connectivity index is 1.81. The number of nitrogens with two attached hydrogens (primary N) is 1. The van der Waals surface area contributed by atoms with Gasteiger partial charge in [-0.2, -0.15) is 0 Å². The SMILES string of the molecule is NC(=O)C1NCCCC(NC(=O)CCC2CCCC2)[C@@H]1O. The number of primary amides is 1. The average Bonchev–Trinajstić information content (AvgIpc) is 2.89. The van der Waals surface area contributed by atoms with Crippen molar-refractivity contribution in [2.75, 3.05) is 6.54 Å². The smallest absolute Gasteiger partial charge is 0.237 e. The van der Waals surface area contributed by atoms with Crippen molar-refractivity contribution in [2.24, 2.45) is 11.7 Å². The molecule has 2 unspecified atom stereocenters. The number of hydrogen-bond acceptors (Lipinski definition) is 4. The Morgan fingerprint density at radius 3 is 2.57 bits per heavy atom. The molecule has 0 spiro atoms. The maximum absolute atomic E-state index is 12.0. The van der Waals surface area contributed by atoms with Gasteiger partial charge in [-0.05, 0) is 31.7 Å². The zero-order valence-electron chi connectivity index (χ0n) is 12.5. The summed E-state index contributed by atoms with van der Waals surface area (Å²) in [6.45, 7) is 0.624. The average molecular weight is 297 g/mol. The predicted octanol–water partition coefficient (Wildman–Crippen LogP) is 0.0398. The van der Waals surface area contributed by atoms with Gasteiger partial charge >= 0.3 is 0 Å². The lowest BCUT2D eigenvalue weighted by atomic mass is 9.99. The first kappa shape index (κ1) is 16.2. The van der Waals surface area contributed by atoms with Gasteiger partial charge in [-0.15, -0.1) is 0 Å². The fourth-order valence-electron chi connectivity index (χ4n) is 3.44. The maximum atomic E-state index is 12.0. The Morgan fingerprint density at radius 2 is 1.90 bits per heavy atom. The first-order valence-electron chi connectivity index (χ1n) is 8.08. The van der Waals surface area contributed by atoms with Crippen LogP contribution in [0.15, 0.2) is 0 Å². The summed E-state index contributed by atoms with van der Waals surface area (Å²) in [6.07, 6.45) is 6.94. The van der Waals surface area contributed by atoms with E-state index in [1.54, 1.807) is 0 Å². The van der Waals surface area contributed by atoms with Crippen LogP contribution >= 0.6 is 0 Å². The highest BCUT2D eigenvalue weighted by Crippen LogP contribution is 2.28. The minimum Gasteiger partial charge on any atom is -0.389 e. The molecule has 0 radical (unpaired) electrons. The molecule has 1 heterocycles. The van der Waals surface area contributed by atoms with Crippen LogP contribution in [0.25, 0.3) is 0 Å². The Labute approximate surface area is 125 Å².